The number of benzene rings is 2. The number of nitro groups is 1. The number of halogens is 1. The number of rotatable bonds is 8. The van der Waals surface area contributed by atoms with Gasteiger partial charge in [-0.25, -0.2) is 0 Å². The third kappa shape index (κ3) is 6.05. The number of nitro benzene ring substituents is 1. The Kier molecular flexibility index (Phi) is 7.27. The quantitative estimate of drug-likeness (QED) is 0.408. The molecule has 2 aromatic rings. The molecule has 0 saturated carbocycles. The Balaban J connectivity index is 1.98. The molecule has 0 bridgehead atoms. The number of hydrogen-bond acceptors (Lipinski definition) is 5. The summed E-state index contributed by atoms with van der Waals surface area (Å²) in [5, 5.41) is 16.2. The first kappa shape index (κ1) is 20.3. The Labute approximate surface area is 160 Å². The molecule has 2 N–H and O–H groups in total. The standard InChI is InChI=1S/C18H18ClN3O5/c1-27-9-8-20-17(23)10-12-2-5-14(6-3-12)21-18(24)13-4-7-15(19)16(11-13)22(25)26/h2-7,11H,8-10H2,1H3,(H,20,23)(H,21,24). The van der Waals surface area contributed by atoms with E-state index in [0.717, 1.165) is 11.6 Å². The van der Waals surface area contributed by atoms with Crippen molar-refractivity contribution in [3.63, 3.8) is 0 Å². The molecule has 2 aromatic carbocycles. The van der Waals surface area contributed by atoms with Gasteiger partial charge in [-0.15, -0.1) is 0 Å². The maximum atomic E-state index is 12.3. The third-order valence-corrected chi connectivity index (χ3v) is 3.93. The van der Waals surface area contributed by atoms with E-state index in [1.54, 1.807) is 31.4 Å². The number of hydrogen-bond donors (Lipinski definition) is 2. The van der Waals surface area contributed by atoms with Crippen molar-refractivity contribution in [2.24, 2.45) is 0 Å². The number of nitrogens with zero attached hydrogens (tertiary/aromatic N) is 1. The van der Waals surface area contributed by atoms with E-state index < -0.39 is 10.8 Å². The molecule has 0 unspecified atom stereocenters. The van der Waals surface area contributed by atoms with Crippen LogP contribution in [-0.4, -0.2) is 37.0 Å². The van der Waals surface area contributed by atoms with Crippen molar-refractivity contribution in [2.75, 3.05) is 25.6 Å². The first-order valence-electron chi connectivity index (χ1n) is 8.00. The van der Waals surface area contributed by atoms with Gasteiger partial charge in [-0.2, -0.15) is 0 Å². The van der Waals surface area contributed by atoms with Gasteiger partial charge in [-0.05, 0) is 29.8 Å². The zero-order chi connectivity index (χ0) is 19.8. The van der Waals surface area contributed by atoms with Crippen molar-refractivity contribution in [3.05, 3.63) is 68.7 Å². The second-order valence-electron chi connectivity index (χ2n) is 5.59. The Hall–Kier alpha value is -2.97. The molecular weight excluding hydrogens is 374 g/mol. The molecule has 0 aliphatic heterocycles. The average Bonchev–Trinajstić information content (AvgIpc) is 2.63. The second kappa shape index (κ2) is 9.65. The number of anilines is 1. The summed E-state index contributed by atoms with van der Waals surface area (Å²) < 4.78 is 4.86. The van der Waals surface area contributed by atoms with Crippen LogP contribution >= 0.6 is 11.6 Å². The maximum absolute atomic E-state index is 12.3. The lowest BCUT2D eigenvalue weighted by Gasteiger charge is -2.08. The van der Waals surface area contributed by atoms with Crippen LogP contribution in [0.3, 0.4) is 0 Å². The van der Waals surface area contributed by atoms with Gasteiger partial charge in [0.05, 0.1) is 18.0 Å². The minimum absolute atomic E-state index is 0.0373. The molecule has 8 nitrogen and oxygen atoms in total. The Morgan fingerprint density at radius 2 is 1.89 bits per heavy atom. The topological polar surface area (TPSA) is 111 Å². The molecule has 2 rings (SSSR count). The van der Waals surface area contributed by atoms with Crippen molar-refractivity contribution in [3.8, 4) is 0 Å². The summed E-state index contributed by atoms with van der Waals surface area (Å²) in [6, 6.07) is 10.6. The van der Waals surface area contributed by atoms with E-state index in [4.69, 9.17) is 16.3 Å². The molecule has 0 heterocycles. The van der Waals surface area contributed by atoms with E-state index in [0.29, 0.717) is 18.8 Å². The molecule has 2 amide bonds. The molecule has 0 atom stereocenters. The monoisotopic (exact) mass is 391 g/mol. The van der Waals surface area contributed by atoms with Crippen molar-refractivity contribution in [1.29, 1.82) is 0 Å². The molecular formula is C18H18ClN3O5. The van der Waals surface area contributed by atoms with E-state index >= 15 is 0 Å². The fourth-order valence-electron chi connectivity index (χ4n) is 2.24. The van der Waals surface area contributed by atoms with Gasteiger partial charge in [0.1, 0.15) is 5.02 Å². The smallest absolute Gasteiger partial charge is 0.288 e. The second-order valence-corrected chi connectivity index (χ2v) is 6.00. The van der Waals surface area contributed by atoms with Crippen LogP contribution in [0.15, 0.2) is 42.5 Å². The number of carbonyl (C=O) groups excluding carboxylic acids is 2. The minimum Gasteiger partial charge on any atom is -0.383 e. The lowest BCUT2D eigenvalue weighted by atomic mass is 10.1. The van der Waals surface area contributed by atoms with Gasteiger partial charge in [-0.3, -0.25) is 19.7 Å². The number of nitrogens with one attached hydrogen (secondary N) is 2. The predicted molar refractivity (Wildman–Crippen MR) is 101 cm³/mol. The Bertz CT molecular complexity index is 839. The van der Waals surface area contributed by atoms with Crippen LogP contribution in [0.25, 0.3) is 0 Å². The molecule has 0 saturated heterocycles. The van der Waals surface area contributed by atoms with Gasteiger partial charge in [0.2, 0.25) is 5.91 Å². The van der Waals surface area contributed by atoms with Crippen molar-refractivity contribution in [2.45, 2.75) is 6.42 Å². The highest BCUT2D eigenvalue weighted by molar-refractivity contribution is 6.32. The van der Waals surface area contributed by atoms with Crippen molar-refractivity contribution in [1.82, 2.24) is 5.32 Å². The summed E-state index contributed by atoms with van der Waals surface area (Å²) in [6.07, 6.45) is 0.210. The normalized spacial score (nSPS) is 10.3. The molecule has 0 radical (unpaired) electrons. The summed E-state index contributed by atoms with van der Waals surface area (Å²) in [7, 11) is 1.56. The Morgan fingerprint density at radius 3 is 2.52 bits per heavy atom. The van der Waals surface area contributed by atoms with Crippen LogP contribution in [0, 0.1) is 10.1 Å². The van der Waals surface area contributed by atoms with Gasteiger partial charge in [0.15, 0.2) is 0 Å². The first-order chi connectivity index (χ1) is 12.9. The zero-order valence-corrected chi connectivity index (χ0v) is 15.3. The molecule has 0 aromatic heterocycles. The fourth-order valence-corrected chi connectivity index (χ4v) is 2.43. The zero-order valence-electron chi connectivity index (χ0n) is 14.5. The van der Waals surface area contributed by atoms with Crippen molar-refractivity contribution >= 4 is 34.8 Å². The highest BCUT2D eigenvalue weighted by atomic mass is 35.5. The van der Waals surface area contributed by atoms with Gasteiger partial charge < -0.3 is 15.4 Å². The van der Waals surface area contributed by atoms with Crippen LogP contribution in [0.5, 0.6) is 0 Å². The molecule has 0 aliphatic carbocycles. The number of ether oxygens (including phenoxy) is 1. The van der Waals surface area contributed by atoms with Gasteiger partial charge in [0, 0.05) is 31.0 Å². The van der Waals surface area contributed by atoms with E-state index in [9.17, 15) is 19.7 Å². The predicted octanol–water partition coefficient (Wildman–Crippen LogP) is 2.81. The summed E-state index contributed by atoms with van der Waals surface area (Å²) in [4.78, 5) is 34.3. The molecule has 142 valence electrons. The van der Waals surface area contributed by atoms with Crippen LogP contribution in [-0.2, 0) is 16.0 Å². The van der Waals surface area contributed by atoms with Gasteiger partial charge >= 0.3 is 0 Å². The third-order valence-electron chi connectivity index (χ3n) is 3.61. The van der Waals surface area contributed by atoms with Crippen LogP contribution in [0.2, 0.25) is 5.02 Å². The van der Waals surface area contributed by atoms with Crippen molar-refractivity contribution < 1.29 is 19.2 Å². The summed E-state index contributed by atoms with van der Waals surface area (Å²) >= 11 is 5.74. The summed E-state index contributed by atoms with van der Waals surface area (Å²) in [5.74, 6) is -0.628. The average molecular weight is 392 g/mol. The fraction of sp³-hybridized carbons (Fsp3) is 0.222. The minimum atomic E-state index is -0.647. The maximum Gasteiger partial charge on any atom is 0.288 e. The molecule has 0 fully saturated rings. The molecule has 0 aliphatic rings. The Morgan fingerprint density at radius 1 is 1.19 bits per heavy atom. The first-order valence-corrected chi connectivity index (χ1v) is 8.38. The van der Waals surface area contributed by atoms with Crippen LogP contribution in [0.1, 0.15) is 15.9 Å². The molecule has 0 spiro atoms. The lowest BCUT2D eigenvalue weighted by molar-refractivity contribution is -0.384. The molecule has 9 heteroatoms. The number of amides is 2. The largest absolute Gasteiger partial charge is 0.383 e. The number of carbonyl (C=O) groups is 2. The summed E-state index contributed by atoms with van der Waals surface area (Å²) in [5.41, 5.74) is 1.07. The SMILES string of the molecule is COCCNC(=O)Cc1ccc(NC(=O)c2ccc(Cl)c([N+](=O)[O-])c2)cc1. The molecule has 27 heavy (non-hydrogen) atoms. The lowest BCUT2D eigenvalue weighted by Crippen LogP contribution is -2.28. The van der Waals surface area contributed by atoms with E-state index in [-0.39, 0.29) is 28.6 Å². The van der Waals surface area contributed by atoms with Crippen LogP contribution < -0.4 is 10.6 Å². The van der Waals surface area contributed by atoms with Gasteiger partial charge in [-0.1, -0.05) is 23.7 Å². The van der Waals surface area contributed by atoms with Gasteiger partial charge in [0.25, 0.3) is 11.6 Å². The van der Waals surface area contributed by atoms with E-state index in [2.05, 4.69) is 10.6 Å². The van der Waals surface area contributed by atoms with E-state index in [1.165, 1.54) is 12.1 Å². The highest BCUT2D eigenvalue weighted by Crippen LogP contribution is 2.25. The highest BCUT2D eigenvalue weighted by Gasteiger charge is 2.16. The van der Waals surface area contributed by atoms with E-state index in [1.807, 2.05) is 0 Å². The summed E-state index contributed by atoms with van der Waals surface area (Å²) in [6.45, 7) is 0.885. The number of methoxy groups -OCH3 is 1. The van der Waals surface area contributed by atoms with Crippen LogP contribution in [0.4, 0.5) is 11.4 Å².